The molecule has 1 aromatic rings. The van der Waals surface area contributed by atoms with Gasteiger partial charge in [0.15, 0.2) is 0 Å². The van der Waals surface area contributed by atoms with Crippen LogP contribution in [0.15, 0.2) is 30.3 Å². The van der Waals surface area contributed by atoms with E-state index >= 15 is 0 Å². The van der Waals surface area contributed by atoms with Crippen molar-refractivity contribution < 1.29 is 18.3 Å². The minimum absolute atomic E-state index is 0.0618. The number of hydrogen-bond donors (Lipinski definition) is 2. The zero-order valence-corrected chi connectivity index (χ0v) is 13.9. The molecule has 0 spiro atoms. The van der Waals surface area contributed by atoms with Gasteiger partial charge in [-0.1, -0.05) is 30.3 Å². The highest BCUT2D eigenvalue weighted by Crippen LogP contribution is 2.25. The SMILES string of the molecule is O=S1(=O)C[C@@H](N2CCC[C@@H]2CO)[C@H](COCc2ccccc2)N1. The molecule has 3 rings (SSSR count). The average molecular weight is 340 g/mol. The number of likely N-dealkylation sites (tertiary alicyclic amines) is 1. The molecular formula is C16H24N2O4S. The molecule has 23 heavy (non-hydrogen) atoms. The number of hydrogen-bond acceptors (Lipinski definition) is 5. The summed E-state index contributed by atoms with van der Waals surface area (Å²) in [6, 6.07) is 9.51. The van der Waals surface area contributed by atoms with E-state index in [1.807, 2.05) is 30.3 Å². The molecule has 2 saturated heterocycles. The van der Waals surface area contributed by atoms with Crippen LogP contribution in [0.25, 0.3) is 0 Å². The predicted octanol–water partition coefficient (Wildman–Crippen LogP) is 0.330. The van der Waals surface area contributed by atoms with Crippen molar-refractivity contribution in [3.8, 4) is 0 Å². The van der Waals surface area contributed by atoms with Crippen LogP contribution in [-0.4, -0.2) is 62.1 Å². The number of nitrogens with zero attached hydrogens (tertiary/aromatic N) is 1. The molecule has 2 N–H and O–H groups in total. The molecule has 3 atom stereocenters. The highest BCUT2D eigenvalue weighted by molar-refractivity contribution is 7.89. The normalized spacial score (nSPS) is 30.7. The van der Waals surface area contributed by atoms with E-state index < -0.39 is 10.0 Å². The molecular weight excluding hydrogens is 316 g/mol. The smallest absolute Gasteiger partial charge is 0.213 e. The zero-order valence-electron chi connectivity index (χ0n) is 13.1. The summed E-state index contributed by atoms with van der Waals surface area (Å²) >= 11 is 0. The molecule has 1 aromatic carbocycles. The standard InChI is InChI=1S/C16H24N2O4S/c19-9-14-7-4-8-18(14)16-12-23(20,21)17-15(16)11-22-10-13-5-2-1-3-6-13/h1-3,5-6,14-17,19H,4,7-12H2/t14-,15+,16-/m1/s1. The summed E-state index contributed by atoms with van der Waals surface area (Å²) in [5.41, 5.74) is 1.07. The van der Waals surface area contributed by atoms with Crippen LogP contribution in [0.3, 0.4) is 0 Å². The number of ether oxygens (including phenoxy) is 1. The number of aliphatic hydroxyl groups is 1. The van der Waals surface area contributed by atoms with E-state index in [0.717, 1.165) is 24.9 Å². The van der Waals surface area contributed by atoms with Gasteiger partial charge < -0.3 is 9.84 Å². The maximum Gasteiger partial charge on any atom is 0.213 e. The van der Waals surface area contributed by atoms with E-state index in [2.05, 4.69) is 9.62 Å². The van der Waals surface area contributed by atoms with Gasteiger partial charge in [0.05, 0.1) is 31.6 Å². The van der Waals surface area contributed by atoms with Gasteiger partial charge in [0, 0.05) is 12.1 Å². The first-order valence-electron chi connectivity index (χ1n) is 8.07. The molecule has 2 aliphatic rings. The fourth-order valence-electron chi connectivity index (χ4n) is 3.54. The van der Waals surface area contributed by atoms with Crippen molar-refractivity contribution in [2.45, 2.75) is 37.6 Å². The van der Waals surface area contributed by atoms with E-state index in [1.54, 1.807) is 0 Å². The Morgan fingerprint density at radius 2 is 2.09 bits per heavy atom. The number of rotatable bonds is 6. The summed E-state index contributed by atoms with van der Waals surface area (Å²) < 4.78 is 32.4. The Balaban J connectivity index is 1.61. The largest absolute Gasteiger partial charge is 0.395 e. The molecule has 0 aliphatic carbocycles. The van der Waals surface area contributed by atoms with Gasteiger partial charge in [-0.15, -0.1) is 0 Å². The van der Waals surface area contributed by atoms with Gasteiger partial charge in [-0.3, -0.25) is 4.90 Å². The molecule has 0 bridgehead atoms. The molecule has 128 valence electrons. The Kier molecular flexibility index (Phi) is 5.33. The fraction of sp³-hybridized carbons (Fsp3) is 0.625. The Morgan fingerprint density at radius 1 is 1.30 bits per heavy atom. The highest BCUT2D eigenvalue weighted by atomic mass is 32.2. The van der Waals surface area contributed by atoms with E-state index in [0.29, 0.717) is 13.2 Å². The van der Waals surface area contributed by atoms with Gasteiger partial charge in [0.1, 0.15) is 0 Å². The van der Waals surface area contributed by atoms with Crippen LogP contribution in [0.2, 0.25) is 0 Å². The first kappa shape index (κ1) is 16.9. The van der Waals surface area contributed by atoms with Crippen LogP contribution in [0, 0.1) is 0 Å². The highest BCUT2D eigenvalue weighted by Gasteiger charge is 2.43. The minimum Gasteiger partial charge on any atom is -0.395 e. The molecule has 0 radical (unpaired) electrons. The van der Waals surface area contributed by atoms with Crippen molar-refractivity contribution in [3.63, 3.8) is 0 Å². The lowest BCUT2D eigenvalue weighted by molar-refractivity contribution is 0.0617. The van der Waals surface area contributed by atoms with Gasteiger partial charge in [-0.25, -0.2) is 13.1 Å². The Bertz CT molecular complexity index is 608. The van der Waals surface area contributed by atoms with Gasteiger partial charge in [0.2, 0.25) is 10.0 Å². The van der Waals surface area contributed by atoms with Crippen LogP contribution in [0.4, 0.5) is 0 Å². The van der Waals surface area contributed by atoms with E-state index in [1.165, 1.54) is 0 Å². The predicted molar refractivity (Wildman–Crippen MR) is 87.4 cm³/mol. The lowest BCUT2D eigenvalue weighted by Crippen LogP contribution is -2.50. The molecule has 7 heteroatoms. The second kappa shape index (κ2) is 7.27. The topological polar surface area (TPSA) is 78.9 Å². The van der Waals surface area contributed by atoms with Crippen molar-refractivity contribution in [2.75, 3.05) is 25.5 Å². The lowest BCUT2D eigenvalue weighted by atomic mass is 10.1. The Labute approximate surface area is 137 Å². The maximum atomic E-state index is 12.0. The second-order valence-corrected chi connectivity index (χ2v) is 8.09. The van der Waals surface area contributed by atoms with Gasteiger partial charge in [-0.2, -0.15) is 0 Å². The van der Waals surface area contributed by atoms with E-state index in [9.17, 15) is 13.5 Å². The first-order chi connectivity index (χ1) is 11.1. The van der Waals surface area contributed by atoms with Gasteiger partial charge >= 0.3 is 0 Å². The monoisotopic (exact) mass is 340 g/mol. The van der Waals surface area contributed by atoms with Gasteiger partial charge in [-0.05, 0) is 24.9 Å². The van der Waals surface area contributed by atoms with Crippen LogP contribution in [-0.2, 0) is 21.4 Å². The second-order valence-electron chi connectivity index (χ2n) is 6.29. The van der Waals surface area contributed by atoms with Crippen LogP contribution < -0.4 is 4.72 Å². The molecule has 0 unspecified atom stereocenters. The molecule has 2 aliphatic heterocycles. The third-order valence-electron chi connectivity index (χ3n) is 4.65. The number of sulfonamides is 1. The summed E-state index contributed by atoms with van der Waals surface area (Å²) in [6.45, 7) is 1.72. The summed E-state index contributed by atoms with van der Waals surface area (Å²) in [6.07, 6.45) is 1.92. The van der Waals surface area contributed by atoms with Crippen molar-refractivity contribution in [1.82, 2.24) is 9.62 Å². The Morgan fingerprint density at radius 3 is 2.83 bits per heavy atom. The third-order valence-corrected chi connectivity index (χ3v) is 6.10. The lowest BCUT2D eigenvalue weighted by Gasteiger charge is -2.32. The molecule has 0 saturated carbocycles. The molecule has 6 nitrogen and oxygen atoms in total. The summed E-state index contributed by atoms with van der Waals surface area (Å²) in [4.78, 5) is 2.13. The first-order valence-corrected chi connectivity index (χ1v) is 9.72. The van der Waals surface area contributed by atoms with Crippen molar-refractivity contribution in [3.05, 3.63) is 35.9 Å². The quantitative estimate of drug-likeness (QED) is 0.780. The molecule has 0 aromatic heterocycles. The molecule has 2 heterocycles. The van der Waals surface area contributed by atoms with E-state index in [4.69, 9.17) is 4.74 Å². The number of nitrogens with one attached hydrogen (secondary N) is 1. The maximum absolute atomic E-state index is 12.0. The van der Waals surface area contributed by atoms with Crippen molar-refractivity contribution in [1.29, 1.82) is 0 Å². The fourth-order valence-corrected chi connectivity index (χ4v) is 5.19. The Hall–Kier alpha value is -0.990. The minimum atomic E-state index is -3.26. The molecule has 0 amide bonds. The third kappa shape index (κ3) is 4.10. The summed E-state index contributed by atoms with van der Waals surface area (Å²) in [5, 5.41) is 9.50. The summed E-state index contributed by atoms with van der Waals surface area (Å²) in [5.74, 6) is 0.0862. The van der Waals surface area contributed by atoms with Crippen molar-refractivity contribution in [2.24, 2.45) is 0 Å². The average Bonchev–Trinajstić information content (AvgIpc) is 3.11. The van der Waals surface area contributed by atoms with Crippen molar-refractivity contribution >= 4 is 10.0 Å². The van der Waals surface area contributed by atoms with E-state index in [-0.39, 0.29) is 30.5 Å². The number of aliphatic hydroxyl groups excluding tert-OH is 1. The van der Waals surface area contributed by atoms with Gasteiger partial charge in [0.25, 0.3) is 0 Å². The summed E-state index contributed by atoms with van der Waals surface area (Å²) in [7, 11) is -3.26. The van der Waals surface area contributed by atoms with Crippen LogP contribution in [0.1, 0.15) is 18.4 Å². The van der Waals surface area contributed by atoms with Crippen LogP contribution in [0.5, 0.6) is 0 Å². The van der Waals surface area contributed by atoms with Crippen LogP contribution >= 0.6 is 0 Å². The zero-order chi connectivity index (χ0) is 16.3. The number of benzene rings is 1. The molecule has 2 fully saturated rings.